The molecule has 0 atom stereocenters. The van der Waals surface area contributed by atoms with Crippen LogP contribution in [0.2, 0.25) is 0 Å². The van der Waals surface area contributed by atoms with Gasteiger partial charge in [0.2, 0.25) is 0 Å². The number of nitrogens with zero attached hydrogens (tertiary/aromatic N) is 2. The van der Waals surface area contributed by atoms with E-state index < -0.39 is 0 Å². The molecular formula is C11H19N3. The number of rotatable bonds is 4. The molecule has 0 spiro atoms. The Morgan fingerprint density at radius 1 is 1.57 bits per heavy atom. The summed E-state index contributed by atoms with van der Waals surface area (Å²) in [7, 11) is 1.96. The van der Waals surface area contributed by atoms with Crippen molar-refractivity contribution in [3.63, 3.8) is 0 Å². The van der Waals surface area contributed by atoms with Crippen molar-refractivity contribution in [3.8, 4) is 0 Å². The zero-order valence-electron chi connectivity index (χ0n) is 9.03. The lowest BCUT2D eigenvalue weighted by molar-refractivity contribution is 0.243. The number of aromatic nitrogens is 2. The summed E-state index contributed by atoms with van der Waals surface area (Å²) in [5, 5.41) is 7.90. The van der Waals surface area contributed by atoms with Gasteiger partial charge in [-0.15, -0.1) is 0 Å². The molecule has 1 aromatic heterocycles. The van der Waals surface area contributed by atoms with Crippen molar-refractivity contribution in [1.29, 1.82) is 0 Å². The summed E-state index contributed by atoms with van der Waals surface area (Å²) < 4.78 is 1.86. The highest BCUT2D eigenvalue weighted by atomic mass is 15.2. The highest BCUT2D eigenvalue weighted by Crippen LogP contribution is 2.25. The quantitative estimate of drug-likeness (QED) is 0.782. The van der Waals surface area contributed by atoms with Gasteiger partial charge in [0.15, 0.2) is 0 Å². The average Bonchev–Trinajstić information content (AvgIpc) is 2.48. The summed E-state index contributed by atoms with van der Waals surface area (Å²) in [5.74, 6) is 0.933. The van der Waals surface area contributed by atoms with Gasteiger partial charge in [0.05, 0.1) is 5.69 Å². The largest absolute Gasteiger partial charge is 0.314 e. The van der Waals surface area contributed by atoms with Crippen LogP contribution < -0.4 is 5.32 Å². The molecule has 14 heavy (non-hydrogen) atoms. The van der Waals surface area contributed by atoms with E-state index in [4.69, 9.17) is 0 Å². The van der Waals surface area contributed by atoms with Crippen LogP contribution in [0.5, 0.6) is 0 Å². The first-order chi connectivity index (χ1) is 6.74. The zero-order chi connectivity index (χ0) is 9.97. The number of hydrogen-bond acceptors (Lipinski definition) is 2. The fourth-order valence-corrected chi connectivity index (χ4v) is 2.07. The second kappa shape index (κ2) is 4.13. The van der Waals surface area contributed by atoms with Gasteiger partial charge in [-0.05, 0) is 24.8 Å². The third kappa shape index (κ3) is 2.35. The van der Waals surface area contributed by atoms with Crippen molar-refractivity contribution < 1.29 is 0 Å². The van der Waals surface area contributed by atoms with Crippen molar-refractivity contribution >= 4 is 0 Å². The van der Waals surface area contributed by atoms with Gasteiger partial charge in [0.1, 0.15) is 0 Å². The highest BCUT2D eigenvalue weighted by Gasteiger charge is 2.24. The van der Waals surface area contributed by atoms with Gasteiger partial charge in [-0.2, -0.15) is 5.10 Å². The van der Waals surface area contributed by atoms with Crippen LogP contribution in [0.3, 0.4) is 0 Å². The Labute approximate surface area is 85.5 Å². The minimum Gasteiger partial charge on any atom is -0.314 e. The average molecular weight is 193 g/mol. The van der Waals surface area contributed by atoms with Crippen LogP contribution in [0.4, 0.5) is 0 Å². The summed E-state index contributed by atoms with van der Waals surface area (Å²) in [5.41, 5.74) is 1.19. The standard InChI is InChI=1S/C11H19N3/c1-9-7-11(8-9)12-5-3-10-4-6-14(2)13-10/h4,6,9,11-12H,3,5,7-8H2,1-2H3. The van der Waals surface area contributed by atoms with Gasteiger partial charge >= 0.3 is 0 Å². The third-order valence-corrected chi connectivity index (χ3v) is 2.96. The molecule has 78 valence electrons. The van der Waals surface area contributed by atoms with E-state index in [1.54, 1.807) is 0 Å². The summed E-state index contributed by atoms with van der Waals surface area (Å²) in [6.07, 6.45) is 5.75. The third-order valence-electron chi connectivity index (χ3n) is 2.96. The first-order valence-electron chi connectivity index (χ1n) is 5.46. The predicted octanol–water partition coefficient (Wildman–Crippen LogP) is 1.35. The van der Waals surface area contributed by atoms with Gasteiger partial charge in [-0.3, -0.25) is 4.68 Å². The topological polar surface area (TPSA) is 29.9 Å². The molecule has 0 aliphatic heterocycles. The second-order valence-corrected chi connectivity index (χ2v) is 4.46. The fraction of sp³-hybridized carbons (Fsp3) is 0.727. The molecule has 0 unspecified atom stereocenters. The summed E-state index contributed by atoms with van der Waals surface area (Å²) in [6, 6.07) is 2.86. The van der Waals surface area contributed by atoms with Crippen LogP contribution in [0, 0.1) is 5.92 Å². The minimum atomic E-state index is 0.772. The monoisotopic (exact) mass is 193 g/mol. The van der Waals surface area contributed by atoms with Crippen LogP contribution >= 0.6 is 0 Å². The Balaban J connectivity index is 1.63. The fourth-order valence-electron chi connectivity index (χ4n) is 2.07. The molecule has 1 aromatic rings. The lowest BCUT2D eigenvalue weighted by atomic mass is 9.82. The predicted molar refractivity (Wildman–Crippen MR) is 57.1 cm³/mol. The lowest BCUT2D eigenvalue weighted by Gasteiger charge is -2.33. The summed E-state index contributed by atoms with van der Waals surface area (Å²) >= 11 is 0. The maximum Gasteiger partial charge on any atom is 0.0637 e. The molecule has 0 radical (unpaired) electrons. The molecule has 1 aliphatic carbocycles. The maximum absolute atomic E-state index is 4.34. The van der Waals surface area contributed by atoms with Crippen molar-refractivity contribution in [2.45, 2.75) is 32.2 Å². The molecule has 1 saturated carbocycles. The van der Waals surface area contributed by atoms with Crippen molar-refractivity contribution in [1.82, 2.24) is 15.1 Å². The molecule has 0 aromatic carbocycles. The molecule has 3 heteroatoms. The first kappa shape index (κ1) is 9.71. The normalized spacial score (nSPS) is 26.1. The maximum atomic E-state index is 4.34. The highest BCUT2D eigenvalue weighted by molar-refractivity contribution is 4.99. The van der Waals surface area contributed by atoms with E-state index in [0.717, 1.165) is 24.9 Å². The smallest absolute Gasteiger partial charge is 0.0637 e. The van der Waals surface area contributed by atoms with Crippen LogP contribution in [-0.4, -0.2) is 22.4 Å². The Hall–Kier alpha value is -0.830. The molecule has 2 rings (SSSR count). The SMILES string of the molecule is CC1CC(NCCc2ccn(C)n2)C1. The van der Waals surface area contributed by atoms with Gasteiger partial charge in [-0.25, -0.2) is 0 Å². The number of aryl methyl sites for hydroxylation is 1. The lowest BCUT2D eigenvalue weighted by Crippen LogP contribution is -2.40. The molecule has 0 bridgehead atoms. The van der Waals surface area contributed by atoms with E-state index in [1.807, 2.05) is 17.9 Å². The van der Waals surface area contributed by atoms with E-state index in [0.29, 0.717) is 0 Å². The Morgan fingerprint density at radius 3 is 2.93 bits per heavy atom. The summed E-state index contributed by atoms with van der Waals surface area (Å²) in [6.45, 7) is 3.38. The molecule has 0 amide bonds. The van der Waals surface area contributed by atoms with Crippen LogP contribution in [-0.2, 0) is 13.5 Å². The van der Waals surface area contributed by atoms with Gasteiger partial charge < -0.3 is 5.32 Å². The number of hydrogen-bond donors (Lipinski definition) is 1. The molecule has 3 nitrogen and oxygen atoms in total. The van der Waals surface area contributed by atoms with Crippen LogP contribution in [0.15, 0.2) is 12.3 Å². The molecule has 1 aliphatic rings. The van der Waals surface area contributed by atoms with Crippen molar-refractivity contribution in [3.05, 3.63) is 18.0 Å². The molecular weight excluding hydrogens is 174 g/mol. The van der Waals surface area contributed by atoms with Crippen LogP contribution in [0.25, 0.3) is 0 Å². The van der Waals surface area contributed by atoms with E-state index >= 15 is 0 Å². The van der Waals surface area contributed by atoms with Crippen molar-refractivity contribution in [2.24, 2.45) is 13.0 Å². The van der Waals surface area contributed by atoms with Gasteiger partial charge in [-0.1, -0.05) is 6.92 Å². The van der Waals surface area contributed by atoms with E-state index in [9.17, 15) is 0 Å². The number of nitrogens with one attached hydrogen (secondary N) is 1. The van der Waals surface area contributed by atoms with Crippen molar-refractivity contribution in [2.75, 3.05) is 6.54 Å². The van der Waals surface area contributed by atoms with Crippen LogP contribution in [0.1, 0.15) is 25.5 Å². The van der Waals surface area contributed by atoms with E-state index in [1.165, 1.54) is 18.5 Å². The summed E-state index contributed by atoms with van der Waals surface area (Å²) in [4.78, 5) is 0. The molecule has 1 fully saturated rings. The first-order valence-corrected chi connectivity index (χ1v) is 5.46. The Bertz CT molecular complexity index is 286. The molecule has 1 N–H and O–H groups in total. The minimum absolute atomic E-state index is 0.772. The molecule has 1 heterocycles. The Morgan fingerprint density at radius 2 is 2.36 bits per heavy atom. The molecule has 0 saturated heterocycles. The van der Waals surface area contributed by atoms with E-state index in [2.05, 4.69) is 23.4 Å². The van der Waals surface area contributed by atoms with E-state index in [-0.39, 0.29) is 0 Å². The van der Waals surface area contributed by atoms with Gasteiger partial charge in [0, 0.05) is 32.3 Å². The second-order valence-electron chi connectivity index (χ2n) is 4.46. The van der Waals surface area contributed by atoms with Gasteiger partial charge in [0.25, 0.3) is 0 Å². The Kier molecular flexibility index (Phi) is 2.87. The zero-order valence-corrected chi connectivity index (χ0v) is 9.03.